The van der Waals surface area contributed by atoms with Crippen molar-refractivity contribution >= 4 is 27.4 Å². The number of pyridine rings is 1. The molecule has 29 heavy (non-hydrogen) atoms. The zero-order valence-electron chi connectivity index (χ0n) is 15.5. The summed E-state index contributed by atoms with van der Waals surface area (Å²) in [7, 11) is 0. The molecule has 0 aliphatic heterocycles. The number of nitrogens with zero attached hydrogens (tertiary/aromatic N) is 5. The summed E-state index contributed by atoms with van der Waals surface area (Å²) in [6, 6.07) is 16.1. The van der Waals surface area contributed by atoms with E-state index in [1.165, 1.54) is 0 Å². The third-order valence-electron chi connectivity index (χ3n) is 4.38. The number of thiophene rings is 1. The summed E-state index contributed by atoms with van der Waals surface area (Å²) in [5.74, 6) is 2.49. The Morgan fingerprint density at radius 1 is 0.966 bits per heavy atom. The third kappa shape index (κ3) is 3.57. The van der Waals surface area contributed by atoms with Gasteiger partial charge in [0.25, 0.3) is 0 Å². The van der Waals surface area contributed by atoms with Crippen LogP contribution in [0, 0.1) is 6.92 Å². The molecule has 0 unspecified atom stereocenters. The van der Waals surface area contributed by atoms with Gasteiger partial charge in [-0.3, -0.25) is 4.98 Å². The van der Waals surface area contributed by atoms with E-state index in [9.17, 15) is 0 Å². The van der Waals surface area contributed by atoms with Gasteiger partial charge in [0.2, 0.25) is 11.7 Å². The lowest BCUT2D eigenvalue weighted by molar-refractivity contribution is 0.384. The first-order valence-electron chi connectivity index (χ1n) is 9.07. The van der Waals surface area contributed by atoms with Crippen LogP contribution in [0.5, 0.6) is 0 Å². The fourth-order valence-corrected chi connectivity index (χ4v) is 4.09. The molecule has 5 aromatic rings. The van der Waals surface area contributed by atoms with Gasteiger partial charge in [-0.05, 0) is 30.7 Å². The standard InChI is InChI=1S/C21H16N6OS/c1-13-24-20(16-11-17(29-21(16)25-13)14-5-3-2-4-6-14)23-12-18-26-19(27-28-18)15-7-9-22-10-8-15/h2-11H,12H2,1H3,(H,23,24,25). The minimum absolute atomic E-state index is 0.375. The predicted octanol–water partition coefficient (Wildman–Crippen LogP) is 4.72. The predicted molar refractivity (Wildman–Crippen MR) is 112 cm³/mol. The van der Waals surface area contributed by atoms with Crippen LogP contribution in [0.2, 0.25) is 0 Å². The van der Waals surface area contributed by atoms with Gasteiger partial charge in [-0.1, -0.05) is 35.5 Å². The van der Waals surface area contributed by atoms with Gasteiger partial charge in [0.1, 0.15) is 16.5 Å². The van der Waals surface area contributed by atoms with Crippen molar-refractivity contribution in [2.75, 3.05) is 5.32 Å². The molecule has 1 aromatic carbocycles. The summed E-state index contributed by atoms with van der Waals surface area (Å²) in [5.41, 5.74) is 2.03. The van der Waals surface area contributed by atoms with E-state index in [2.05, 4.69) is 48.6 Å². The van der Waals surface area contributed by atoms with Crippen molar-refractivity contribution in [3.05, 3.63) is 72.6 Å². The van der Waals surface area contributed by atoms with Gasteiger partial charge in [-0.25, -0.2) is 9.97 Å². The molecule has 0 aliphatic rings. The Balaban J connectivity index is 1.42. The molecule has 4 aromatic heterocycles. The van der Waals surface area contributed by atoms with Crippen molar-refractivity contribution in [2.45, 2.75) is 13.5 Å². The Morgan fingerprint density at radius 2 is 1.79 bits per heavy atom. The fraction of sp³-hybridized carbons (Fsp3) is 0.0952. The lowest BCUT2D eigenvalue weighted by Gasteiger charge is -2.04. The van der Waals surface area contributed by atoms with Crippen molar-refractivity contribution in [1.82, 2.24) is 25.1 Å². The van der Waals surface area contributed by atoms with Gasteiger partial charge in [-0.15, -0.1) is 11.3 Å². The molecule has 0 spiro atoms. The first kappa shape index (κ1) is 17.4. The van der Waals surface area contributed by atoms with Crippen molar-refractivity contribution in [2.24, 2.45) is 0 Å². The van der Waals surface area contributed by atoms with E-state index >= 15 is 0 Å². The van der Waals surface area contributed by atoms with Crippen LogP contribution in [-0.4, -0.2) is 25.1 Å². The first-order valence-corrected chi connectivity index (χ1v) is 9.88. The molecule has 0 bridgehead atoms. The number of fused-ring (bicyclic) bond motifs is 1. The number of anilines is 1. The van der Waals surface area contributed by atoms with Crippen LogP contribution in [0.1, 0.15) is 11.7 Å². The van der Waals surface area contributed by atoms with E-state index in [1.807, 2.05) is 37.3 Å². The highest BCUT2D eigenvalue weighted by atomic mass is 32.1. The van der Waals surface area contributed by atoms with Crippen LogP contribution in [0.25, 0.3) is 32.0 Å². The smallest absolute Gasteiger partial charge is 0.246 e. The van der Waals surface area contributed by atoms with Crippen LogP contribution < -0.4 is 5.32 Å². The van der Waals surface area contributed by atoms with Gasteiger partial charge < -0.3 is 9.84 Å². The normalized spacial score (nSPS) is 11.1. The molecular weight excluding hydrogens is 384 g/mol. The molecule has 0 atom stereocenters. The molecule has 0 saturated carbocycles. The Hall–Kier alpha value is -3.65. The van der Waals surface area contributed by atoms with Gasteiger partial charge in [0.05, 0.1) is 11.9 Å². The number of benzene rings is 1. The van der Waals surface area contributed by atoms with E-state index in [-0.39, 0.29) is 0 Å². The number of nitrogens with one attached hydrogen (secondary N) is 1. The number of hydrogen-bond donors (Lipinski definition) is 1. The molecule has 0 fully saturated rings. The number of aryl methyl sites for hydroxylation is 1. The highest BCUT2D eigenvalue weighted by Crippen LogP contribution is 2.35. The highest BCUT2D eigenvalue weighted by Gasteiger charge is 2.13. The van der Waals surface area contributed by atoms with Crippen molar-refractivity contribution in [3.63, 3.8) is 0 Å². The molecule has 0 aliphatic carbocycles. The maximum absolute atomic E-state index is 5.37. The Labute approximate surface area is 170 Å². The van der Waals surface area contributed by atoms with Crippen LogP contribution >= 0.6 is 11.3 Å². The van der Waals surface area contributed by atoms with E-state index < -0.39 is 0 Å². The van der Waals surface area contributed by atoms with Crippen molar-refractivity contribution in [3.8, 4) is 21.8 Å². The fourth-order valence-electron chi connectivity index (χ4n) is 3.01. The highest BCUT2D eigenvalue weighted by molar-refractivity contribution is 7.21. The average Bonchev–Trinajstić information content (AvgIpc) is 3.40. The SMILES string of the molecule is Cc1nc(NCc2nc(-c3ccncc3)no2)c2cc(-c3ccccc3)sc2n1. The van der Waals surface area contributed by atoms with Crippen molar-refractivity contribution < 1.29 is 4.52 Å². The molecular formula is C21H16N6OS. The quantitative estimate of drug-likeness (QED) is 0.456. The Bertz CT molecular complexity index is 1270. The summed E-state index contributed by atoms with van der Waals surface area (Å²) in [6.45, 7) is 2.26. The zero-order chi connectivity index (χ0) is 19.6. The molecule has 7 nitrogen and oxygen atoms in total. The molecule has 142 valence electrons. The van der Waals surface area contributed by atoms with E-state index in [0.29, 0.717) is 24.1 Å². The minimum atomic E-state index is 0.375. The Kier molecular flexibility index (Phi) is 4.45. The topological polar surface area (TPSA) is 89.6 Å². The van der Waals surface area contributed by atoms with Crippen LogP contribution in [0.15, 0.2) is 65.4 Å². The first-order chi connectivity index (χ1) is 14.3. The van der Waals surface area contributed by atoms with E-state index in [1.54, 1.807) is 23.7 Å². The maximum atomic E-state index is 5.37. The average molecular weight is 400 g/mol. The third-order valence-corrected chi connectivity index (χ3v) is 5.45. The molecule has 8 heteroatoms. The van der Waals surface area contributed by atoms with E-state index in [0.717, 1.165) is 32.0 Å². The molecule has 5 rings (SSSR count). The second kappa shape index (κ2) is 7.40. The summed E-state index contributed by atoms with van der Waals surface area (Å²) < 4.78 is 5.37. The van der Waals surface area contributed by atoms with E-state index in [4.69, 9.17) is 4.52 Å². The Morgan fingerprint density at radius 3 is 2.62 bits per heavy atom. The molecule has 0 amide bonds. The van der Waals surface area contributed by atoms with Crippen LogP contribution in [0.4, 0.5) is 5.82 Å². The molecule has 1 N–H and O–H groups in total. The lowest BCUT2D eigenvalue weighted by atomic mass is 10.2. The number of rotatable bonds is 5. The second-order valence-corrected chi connectivity index (χ2v) is 7.45. The maximum Gasteiger partial charge on any atom is 0.246 e. The van der Waals surface area contributed by atoms with Gasteiger partial charge in [-0.2, -0.15) is 4.98 Å². The minimum Gasteiger partial charge on any atom is -0.360 e. The monoisotopic (exact) mass is 400 g/mol. The molecule has 4 heterocycles. The van der Waals surface area contributed by atoms with Crippen LogP contribution in [0.3, 0.4) is 0 Å². The summed E-state index contributed by atoms with van der Waals surface area (Å²) in [5, 5.41) is 8.34. The molecule has 0 radical (unpaired) electrons. The summed E-state index contributed by atoms with van der Waals surface area (Å²) in [4.78, 5) is 19.7. The zero-order valence-corrected chi connectivity index (χ0v) is 16.3. The number of aromatic nitrogens is 5. The van der Waals surface area contributed by atoms with Gasteiger partial charge >= 0.3 is 0 Å². The summed E-state index contributed by atoms with van der Waals surface area (Å²) >= 11 is 1.65. The second-order valence-electron chi connectivity index (χ2n) is 6.42. The number of hydrogen-bond acceptors (Lipinski definition) is 8. The van der Waals surface area contributed by atoms with Gasteiger partial charge in [0, 0.05) is 22.8 Å². The summed E-state index contributed by atoms with van der Waals surface area (Å²) in [6.07, 6.45) is 3.40. The van der Waals surface area contributed by atoms with Crippen LogP contribution in [-0.2, 0) is 6.54 Å². The molecule has 0 saturated heterocycles. The van der Waals surface area contributed by atoms with Crippen molar-refractivity contribution in [1.29, 1.82) is 0 Å². The lowest BCUT2D eigenvalue weighted by Crippen LogP contribution is -2.03. The van der Waals surface area contributed by atoms with Gasteiger partial charge in [0.15, 0.2) is 0 Å². The largest absolute Gasteiger partial charge is 0.360 e.